The van der Waals surface area contributed by atoms with Gasteiger partial charge in [-0.15, -0.1) is 0 Å². The standard InChI is InChI=1S/C18H23N3O3/c1-11(12-6-7-12)21-17-13(10-20-21)8-14(9-19-17)18(22)24-16-5-3-4-15(16)23-2/h8-12,15-16H,3-7H2,1-2H3. The van der Waals surface area contributed by atoms with Gasteiger partial charge in [0.2, 0.25) is 0 Å². The summed E-state index contributed by atoms with van der Waals surface area (Å²) in [7, 11) is 1.67. The maximum absolute atomic E-state index is 12.4. The largest absolute Gasteiger partial charge is 0.456 e. The van der Waals surface area contributed by atoms with E-state index in [9.17, 15) is 4.79 Å². The SMILES string of the molecule is COC1CCCC1OC(=O)c1cnc2c(cnn2C(C)C2CC2)c1. The normalized spacial score (nSPS) is 25.1. The highest BCUT2D eigenvalue weighted by atomic mass is 16.6. The molecule has 128 valence electrons. The van der Waals surface area contributed by atoms with Gasteiger partial charge in [0.25, 0.3) is 0 Å². The van der Waals surface area contributed by atoms with Gasteiger partial charge in [0.05, 0.1) is 23.9 Å². The molecule has 24 heavy (non-hydrogen) atoms. The zero-order chi connectivity index (χ0) is 16.7. The molecule has 0 aromatic carbocycles. The van der Waals surface area contributed by atoms with Gasteiger partial charge in [-0.1, -0.05) is 0 Å². The Morgan fingerprint density at radius 3 is 2.79 bits per heavy atom. The van der Waals surface area contributed by atoms with Crippen LogP contribution in [0.25, 0.3) is 11.0 Å². The summed E-state index contributed by atoms with van der Waals surface area (Å²) in [6, 6.07) is 2.18. The predicted octanol–water partition coefficient (Wildman–Crippen LogP) is 3.13. The van der Waals surface area contributed by atoms with E-state index in [2.05, 4.69) is 17.0 Å². The van der Waals surface area contributed by atoms with Crippen LogP contribution in [-0.4, -0.2) is 40.1 Å². The van der Waals surface area contributed by atoms with Crippen LogP contribution in [-0.2, 0) is 9.47 Å². The van der Waals surface area contributed by atoms with Crippen molar-refractivity contribution >= 4 is 17.0 Å². The fraction of sp³-hybridized carbons (Fsp3) is 0.611. The van der Waals surface area contributed by atoms with Crippen LogP contribution in [0.1, 0.15) is 55.4 Å². The van der Waals surface area contributed by atoms with Gasteiger partial charge in [-0.05, 0) is 51.0 Å². The summed E-state index contributed by atoms with van der Waals surface area (Å²) in [5, 5.41) is 5.35. The monoisotopic (exact) mass is 329 g/mol. The molecule has 4 rings (SSSR count). The van der Waals surface area contributed by atoms with E-state index in [0.717, 1.165) is 30.3 Å². The molecule has 2 heterocycles. The Bertz CT molecular complexity index is 753. The van der Waals surface area contributed by atoms with E-state index in [-0.39, 0.29) is 18.2 Å². The van der Waals surface area contributed by atoms with Gasteiger partial charge in [-0.2, -0.15) is 5.10 Å². The fourth-order valence-corrected chi connectivity index (χ4v) is 3.63. The van der Waals surface area contributed by atoms with Gasteiger partial charge in [-0.25, -0.2) is 14.5 Å². The molecule has 2 aromatic rings. The summed E-state index contributed by atoms with van der Waals surface area (Å²) in [6.07, 6.45) is 8.58. The molecule has 3 atom stereocenters. The third-order valence-corrected chi connectivity index (χ3v) is 5.31. The first-order chi connectivity index (χ1) is 11.7. The Kier molecular flexibility index (Phi) is 4.00. The minimum Gasteiger partial charge on any atom is -0.456 e. The van der Waals surface area contributed by atoms with Crippen LogP contribution in [0.15, 0.2) is 18.5 Å². The molecule has 2 aliphatic carbocycles. The van der Waals surface area contributed by atoms with Gasteiger partial charge < -0.3 is 9.47 Å². The number of esters is 1. The Morgan fingerprint density at radius 1 is 1.25 bits per heavy atom. The summed E-state index contributed by atoms with van der Waals surface area (Å²) < 4.78 is 13.0. The third-order valence-electron chi connectivity index (χ3n) is 5.31. The number of ether oxygens (including phenoxy) is 2. The number of methoxy groups -OCH3 is 1. The molecule has 3 unspecified atom stereocenters. The van der Waals surface area contributed by atoms with E-state index >= 15 is 0 Å². The maximum atomic E-state index is 12.4. The van der Waals surface area contributed by atoms with Crippen LogP contribution >= 0.6 is 0 Å². The second-order valence-corrected chi connectivity index (χ2v) is 6.95. The van der Waals surface area contributed by atoms with Gasteiger partial charge >= 0.3 is 5.97 Å². The number of aromatic nitrogens is 3. The van der Waals surface area contributed by atoms with Gasteiger partial charge in [-0.3, -0.25) is 0 Å². The van der Waals surface area contributed by atoms with Crippen LogP contribution in [0, 0.1) is 5.92 Å². The highest BCUT2D eigenvalue weighted by molar-refractivity contribution is 5.93. The van der Waals surface area contributed by atoms with E-state index in [1.807, 2.05) is 10.7 Å². The molecule has 0 saturated heterocycles. The van der Waals surface area contributed by atoms with Crippen molar-refractivity contribution in [3.05, 3.63) is 24.0 Å². The number of carbonyl (C=O) groups excluding carboxylic acids is 1. The highest BCUT2D eigenvalue weighted by Gasteiger charge is 2.32. The third kappa shape index (κ3) is 2.79. The molecule has 6 heteroatoms. The Balaban J connectivity index is 1.53. The van der Waals surface area contributed by atoms with Crippen molar-refractivity contribution in [2.45, 2.75) is 57.3 Å². The van der Waals surface area contributed by atoms with Crippen molar-refractivity contribution in [3.63, 3.8) is 0 Å². The zero-order valence-electron chi connectivity index (χ0n) is 14.1. The number of fused-ring (bicyclic) bond motifs is 1. The molecule has 0 spiro atoms. The first-order valence-electron chi connectivity index (χ1n) is 8.74. The van der Waals surface area contributed by atoms with Gasteiger partial charge in [0.15, 0.2) is 5.65 Å². The lowest BCUT2D eigenvalue weighted by Gasteiger charge is -2.18. The minimum atomic E-state index is -0.332. The van der Waals surface area contributed by atoms with Gasteiger partial charge in [0, 0.05) is 18.7 Å². The Labute approximate surface area is 141 Å². The van der Waals surface area contributed by atoms with E-state index in [1.54, 1.807) is 19.5 Å². The lowest BCUT2D eigenvalue weighted by molar-refractivity contribution is -0.0206. The average molecular weight is 329 g/mol. The smallest absolute Gasteiger partial charge is 0.340 e. The maximum Gasteiger partial charge on any atom is 0.340 e. The van der Waals surface area contributed by atoms with Crippen LogP contribution < -0.4 is 0 Å². The summed E-state index contributed by atoms with van der Waals surface area (Å²) in [5.41, 5.74) is 1.31. The summed E-state index contributed by atoms with van der Waals surface area (Å²) >= 11 is 0. The van der Waals surface area contributed by atoms with E-state index < -0.39 is 0 Å². The van der Waals surface area contributed by atoms with Crippen molar-refractivity contribution in [2.24, 2.45) is 5.92 Å². The molecule has 2 aromatic heterocycles. The van der Waals surface area contributed by atoms with E-state index in [4.69, 9.17) is 9.47 Å². The summed E-state index contributed by atoms with van der Waals surface area (Å²) in [5.74, 6) is 0.370. The number of carbonyl (C=O) groups is 1. The summed E-state index contributed by atoms with van der Waals surface area (Å²) in [4.78, 5) is 16.9. The van der Waals surface area contributed by atoms with Crippen molar-refractivity contribution in [3.8, 4) is 0 Å². The molecule has 0 N–H and O–H groups in total. The molecular weight excluding hydrogens is 306 g/mol. The quantitative estimate of drug-likeness (QED) is 0.789. The van der Waals surface area contributed by atoms with Crippen LogP contribution in [0.5, 0.6) is 0 Å². The number of hydrogen-bond donors (Lipinski definition) is 0. The highest BCUT2D eigenvalue weighted by Crippen LogP contribution is 2.40. The zero-order valence-corrected chi connectivity index (χ0v) is 14.1. The van der Waals surface area contributed by atoms with Crippen molar-refractivity contribution in [2.75, 3.05) is 7.11 Å². The second-order valence-electron chi connectivity index (χ2n) is 6.95. The van der Waals surface area contributed by atoms with E-state index in [0.29, 0.717) is 17.5 Å². The molecule has 0 bridgehead atoms. The first-order valence-corrected chi connectivity index (χ1v) is 8.74. The van der Waals surface area contributed by atoms with Crippen LogP contribution in [0.2, 0.25) is 0 Å². The van der Waals surface area contributed by atoms with Crippen LogP contribution in [0.3, 0.4) is 0 Å². The number of hydrogen-bond acceptors (Lipinski definition) is 5. The lowest BCUT2D eigenvalue weighted by atomic mass is 10.2. The number of rotatable bonds is 5. The first kappa shape index (κ1) is 15.6. The Morgan fingerprint density at radius 2 is 2.04 bits per heavy atom. The number of nitrogens with zero attached hydrogens (tertiary/aromatic N) is 3. The molecule has 0 aliphatic heterocycles. The van der Waals surface area contributed by atoms with Gasteiger partial charge in [0.1, 0.15) is 6.10 Å². The Hall–Kier alpha value is -1.95. The molecule has 0 radical (unpaired) electrons. The summed E-state index contributed by atoms with van der Waals surface area (Å²) in [6.45, 7) is 2.18. The van der Waals surface area contributed by atoms with Crippen molar-refractivity contribution < 1.29 is 14.3 Å². The average Bonchev–Trinajstić information content (AvgIpc) is 3.21. The van der Waals surface area contributed by atoms with Crippen molar-refractivity contribution in [1.82, 2.24) is 14.8 Å². The fourth-order valence-electron chi connectivity index (χ4n) is 3.63. The lowest BCUT2D eigenvalue weighted by Crippen LogP contribution is -2.27. The predicted molar refractivity (Wildman–Crippen MR) is 88.8 cm³/mol. The number of pyridine rings is 1. The second kappa shape index (κ2) is 6.16. The molecule has 2 aliphatic rings. The molecule has 2 fully saturated rings. The molecule has 2 saturated carbocycles. The topological polar surface area (TPSA) is 66.2 Å². The molecule has 6 nitrogen and oxygen atoms in total. The minimum absolute atomic E-state index is 0.00721. The van der Waals surface area contributed by atoms with E-state index in [1.165, 1.54) is 12.8 Å². The molecular formula is C18H23N3O3. The van der Waals surface area contributed by atoms with Crippen LogP contribution in [0.4, 0.5) is 0 Å². The molecule has 0 amide bonds. The van der Waals surface area contributed by atoms with Crippen molar-refractivity contribution in [1.29, 1.82) is 0 Å².